The Morgan fingerprint density at radius 3 is 2.24 bits per heavy atom. The number of halogens is 6. The molecule has 2 N–H and O–H groups in total. The maximum absolute atomic E-state index is 12.5. The van der Waals surface area contributed by atoms with Crippen molar-refractivity contribution in [2.24, 2.45) is 0 Å². The number of hydrogen-bond acceptors (Lipinski definition) is 8. The molecule has 0 radical (unpaired) electrons. The predicted molar refractivity (Wildman–Crippen MR) is 126 cm³/mol. The highest BCUT2D eigenvalue weighted by Crippen LogP contribution is 2.38. The molecule has 2 aliphatic heterocycles. The largest absolute Gasteiger partial charge is 0.457 e. The molecule has 0 bridgehead atoms. The summed E-state index contributed by atoms with van der Waals surface area (Å²) in [5, 5.41) is 10.3. The van der Waals surface area contributed by atoms with Crippen LogP contribution in [-0.4, -0.2) is 62.6 Å². The van der Waals surface area contributed by atoms with Gasteiger partial charge in [-0.15, -0.1) is 0 Å². The third-order valence-corrected chi connectivity index (χ3v) is 5.79. The lowest BCUT2D eigenvalue weighted by atomic mass is 9.95. The van der Waals surface area contributed by atoms with Gasteiger partial charge in [-0.1, -0.05) is 99.9 Å². The molecule has 2 saturated heterocycles. The van der Waals surface area contributed by atoms with Crippen LogP contribution in [0.15, 0.2) is 30.3 Å². The SMILES string of the molecule is CC(=O)O[C@@H]1[C@@H](NC(=O)C(Cl)(Cl)Cl)[C@@H](OC(=N)C(Cl)(Cl)Cl)O[C@@H]2COC(c3ccccc3)O[C@@H]12. The molecular weight excluding hydrogens is 581 g/mol. The number of amides is 1. The number of benzene rings is 1. The first-order valence-electron chi connectivity index (χ1n) is 9.62. The average molecular weight is 599 g/mol. The minimum absolute atomic E-state index is 0.0198. The fraction of sp³-hybridized carbons (Fsp3) is 0.526. The monoisotopic (exact) mass is 596 g/mol. The van der Waals surface area contributed by atoms with Crippen LogP contribution in [0.2, 0.25) is 0 Å². The molecule has 1 unspecified atom stereocenters. The van der Waals surface area contributed by atoms with Crippen LogP contribution in [0.1, 0.15) is 18.8 Å². The molecule has 2 heterocycles. The van der Waals surface area contributed by atoms with Gasteiger partial charge in [-0.3, -0.25) is 15.0 Å². The van der Waals surface area contributed by atoms with Gasteiger partial charge < -0.3 is 29.0 Å². The first-order valence-corrected chi connectivity index (χ1v) is 11.9. The van der Waals surface area contributed by atoms with Crippen LogP contribution in [0.25, 0.3) is 0 Å². The lowest BCUT2D eigenvalue weighted by molar-refractivity contribution is -0.336. The zero-order valence-electron chi connectivity index (χ0n) is 17.2. The quantitative estimate of drug-likeness (QED) is 0.233. The van der Waals surface area contributed by atoms with Crippen molar-refractivity contribution < 1.29 is 33.3 Å². The molecule has 3 rings (SSSR count). The first kappa shape index (κ1) is 27.8. The fourth-order valence-corrected chi connectivity index (χ4v) is 3.65. The Balaban J connectivity index is 1.94. The maximum atomic E-state index is 12.5. The van der Waals surface area contributed by atoms with Gasteiger partial charge in [0.25, 0.3) is 13.5 Å². The summed E-state index contributed by atoms with van der Waals surface area (Å²) >= 11 is 34.2. The van der Waals surface area contributed by atoms with Gasteiger partial charge >= 0.3 is 5.97 Å². The third-order valence-electron chi connectivity index (χ3n) is 4.76. The number of carbonyl (C=O) groups excluding carboxylic acids is 2. The number of hydrogen-bond donors (Lipinski definition) is 2. The zero-order valence-corrected chi connectivity index (χ0v) is 21.7. The number of ether oxygens (including phenoxy) is 5. The maximum Gasteiger partial charge on any atom is 0.303 e. The number of carbonyl (C=O) groups is 2. The van der Waals surface area contributed by atoms with E-state index in [0.29, 0.717) is 5.56 Å². The standard InChI is InChI=1S/C19H18Cl6N2O7/c1-8(28)31-13-11(27-17(29)19(23,24)25)15(34-16(26)18(20,21)22)32-10-7-30-14(33-12(10)13)9-5-3-2-4-6-9/h2-6,10-15,26H,7H2,1H3,(H,27,29)/t10-,11-,12-,13-,14?,15-/m1/s1. The van der Waals surface area contributed by atoms with Crippen LogP contribution >= 0.6 is 69.6 Å². The molecule has 1 aromatic rings. The van der Waals surface area contributed by atoms with Crippen LogP contribution in [-0.2, 0) is 33.3 Å². The van der Waals surface area contributed by atoms with E-state index in [2.05, 4.69) is 5.32 Å². The number of esters is 1. The summed E-state index contributed by atoms with van der Waals surface area (Å²) in [6.07, 6.45) is -5.38. The first-order chi connectivity index (χ1) is 15.8. The second kappa shape index (κ2) is 11.1. The predicted octanol–water partition coefficient (Wildman–Crippen LogP) is 3.98. The van der Waals surface area contributed by atoms with Crippen molar-refractivity contribution in [3.63, 3.8) is 0 Å². The van der Waals surface area contributed by atoms with Crippen molar-refractivity contribution in [3.8, 4) is 0 Å². The molecule has 1 amide bonds. The van der Waals surface area contributed by atoms with E-state index in [0.717, 1.165) is 6.92 Å². The van der Waals surface area contributed by atoms with Gasteiger partial charge in [0.2, 0.25) is 12.2 Å². The summed E-state index contributed by atoms with van der Waals surface area (Å²) in [4.78, 5) is 24.4. The van der Waals surface area contributed by atoms with E-state index in [-0.39, 0.29) is 6.61 Å². The average Bonchev–Trinajstić information content (AvgIpc) is 2.74. The van der Waals surface area contributed by atoms with Gasteiger partial charge in [0, 0.05) is 12.5 Å². The van der Waals surface area contributed by atoms with Gasteiger partial charge in [-0.25, -0.2) is 0 Å². The second-order valence-corrected chi connectivity index (χ2v) is 11.8. The lowest BCUT2D eigenvalue weighted by Gasteiger charge is -2.48. The minimum atomic E-state index is -2.38. The molecule has 0 aromatic heterocycles. The fourth-order valence-electron chi connectivity index (χ4n) is 3.35. The molecule has 9 nitrogen and oxygen atoms in total. The van der Waals surface area contributed by atoms with Crippen LogP contribution in [0, 0.1) is 5.41 Å². The summed E-state index contributed by atoms with van der Waals surface area (Å²) in [6.45, 7) is 1.14. The molecule has 6 atom stereocenters. The van der Waals surface area contributed by atoms with Crippen LogP contribution < -0.4 is 5.32 Å². The minimum Gasteiger partial charge on any atom is -0.457 e. The van der Waals surface area contributed by atoms with Crippen molar-refractivity contribution in [2.75, 3.05) is 6.61 Å². The lowest BCUT2D eigenvalue weighted by Crippen LogP contribution is -2.68. The highest BCUT2D eigenvalue weighted by atomic mass is 35.6. The summed E-state index contributed by atoms with van der Waals surface area (Å²) in [6, 6.07) is 7.65. The van der Waals surface area contributed by atoms with Crippen molar-refractivity contribution in [1.82, 2.24) is 5.32 Å². The Bertz CT molecular complexity index is 911. The highest BCUT2D eigenvalue weighted by molar-refractivity contribution is 6.76. The third kappa shape index (κ3) is 6.93. The molecule has 188 valence electrons. The Morgan fingerprint density at radius 2 is 1.68 bits per heavy atom. The molecule has 2 aliphatic rings. The van der Waals surface area contributed by atoms with Crippen molar-refractivity contribution in [2.45, 2.75) is 51.4 Å². The van der Waals surface area contributed by atoms with E-state index in [1.807, 2.05) is 6.07 Å². The molecule has 0 saturated carbocycles. The van der Waals surface area contributed by atoms with Crippen molar-refractivity contribution >= 4 is 87.4 Å². The van der Waals surface area contributed by atoms with Crippen molar-refractivity contribution in [1.29, 1.82) is 5.41 Å². The number of fused-ring (bicyclic) bond motifs is 1. The number of alkyl halides is 6. The Kier molecular flexibility index (Phi) is 9.09. The second-order valence-electron chi connectivity index (χ2n) is 7.24. The van der Waals surface area contributed by atoms with Crippen molar-refractivity contribution in [3.05, 3.63) is 35.9 Å². The molecule has 15 heteroatoms. The molecule has 0 aliphatic carbocycles. The molecular formula is C19H18Cl6N2O7. The smallest absolute Gasteiger partial charge is 0.303 e. The van der Waals surface area contributed by atoms with E-state index < -0.39 is 62.3 Å². The van der Waals surface area contributed by atoms with Gasteiger partial charge in [0.15, 0.2) is 12.4 Å². The Labute approximate surface area is 224 Å². The Hall–Kier alpha value is -0.750. The van der Waals surface area contributed by atoms with Gasteiger partial charge in [-0.2, -0.15) is 0 Å². The van der Waals surface area contributed by atoms with E-state index in [1.54, 1.807) is 24.3 Å². The Morgan fingerprint density at radius 1 is 1.03 bits per heavy atom. The van der Waals surface area contributed by atoms with E-state index in [4.69, 9.17) is 98.7 Å². The topological polar surface area (TPSA) is 116 Å². The summed E-state index contributed by atoms with van der Waals surface area (Å²) in [7, 11) is 0. The van der Waals surface area contributed by atoms with Crippen LogP contribution in [0.4, 0.5) is 0 Å². The summed E-state index contributed by atoms with van der Waals surface area (Å²) in [5.74, 6) is -2.61. The van der Waals surface area contributed by atoms with E-state index in [1.165, 1.54) is 0 Å². The van der Waals surface area contributed by atoms with Gasteiger partial charge in [0.05, 0.1) is 6.61 Å². The van der Waals surface area contributed by atoms with Gasteiger partial charge in [0.1, 0.15) is 18.2 Å². The summed E-state index contributed by atoms with van der Waals surface area (Å²) < 4.78 is 23.9. The summed E-state index contributed by atoms with van der Waals surface area (Å²) in [5.41, 5.74) is 0.695. The van der Waals surface area contributed by atoms with E-state index in [9.17, 15) is 9.59 Å². The molecule has 34 heavy (non-hydrogen) atoms. The highest BCUT2D eigenvalue weighted by Gasteiger charge is 2.55. The number of rotatable bonds is 4. The number of nitrogens with one attached hydrogen (secondary N) is 2. The van der Waals surface area contributed by atoms with Crippen LogP contribution in [0.3, 0.4) is 0 Å². The van der Waals surface area contributed by atoms with Crippen LogP contribution in [0.5, 0.6) is 0 Å². The zero-order chi connectivity index (χ0) is 25.3. The normalized spacial score (nSPS) is 29.5. The molecule has 0 spiro atoms. The molecule has 2 fully saturated rings. The molecule has 1 aromatic carbocycles. The van der Waals surface area contributed by atoms with Gasteiger partial charge in [-0.05, 0) is 0 Å². The van der Waals surface area contributed by atoms with E-state index >= 15 is 0 Å².